The van der Waals surface area contributed by atoms with Crippen molar-refractivity contribution in [1.29, 1.82) is 0 Å². The Balaban J connectivity index is 1.51. The van der Waals surface area contributed by atoms with Crippen molar-refractivity contribution in [2.24, 2.45) is 4.99 Å². The van der Waals surface area contributed by atoms with Gasteiger partial charge in [-0.1, -0.05) is 6.07 Å². The number of carbonyl (C=O) groups excluding carboxylic acids is 1. The first-order chi connectivity index (χ1) is 19.1. The molecule has 0 fully saturated rings. The Hall–Kier alpha value is -4.46. The number of rotatable bonds is 6. The van der Waals surface area contributed by atoms with Crippen LogP contribution in [0.1, 0.15) is 34.3 Å². The molecule has 3 aromatic carbocycles. The molecule has 1 N–H and O–H groups in total. The second-order valence-corrected chi connectivity index (χ2v) is 9.78. The molecule has 0 unspecified atom stereocenters. The van der Waals surface area contributed by atoms with E-state index in [1.54, 1.807) is 39.5 Å². The number of hydrogen-bond donors (Lipinski definition) is 1. The molecule has 1 aromatic heterocycles. The quantitative estimate of drug-likeness (QED) is 0.351. The first-order valence-electron chi connectivity index (χ1n) is 13.2. The maximum atomic E-state index is 13.7. The molecule has 1 amide bonds. The zero-order valence-electron chi connectivity index (χ0n) is 22.4. The fourth-order valence-electron chi connectivity index (χ4n) is 5.61. The first kappa shape index (κ1) is 24.9. The van der Waals surface area contributed by atoms with Gasteiger partial charge in [0.25, 0.3) is 5.91 Å². The molecule has 4 aromatic rings. The van der Waals surface area contributed by atoms with Gasteiger partial charge in [-0.15, -0.1) is 0 Å². The van der Waals surface area contributed by atoms with Gasteiger partial charge in [0.05, 0.1) is 27.0 Å². The number of nitrogens with one attached hydrogen (secondary N) is 1. The molecule has 39 heavy (non-hydrogen) atoms. The number of aryl methyl sites for hydroxylation is 2. The minimum Gasteiger partial charge on any atom is -0.497 e. The molecule has 0 saturated heterocycles. The number of fused-ring (bicyclic) bond motifs is 2. The summed E-state index contributed by atoms with van der Waals surface area (Å²) < 4.78 is 22.7. The highest BCUT2D eigenvalue weighted by atomic mass is 16.5. The summed E-state index contributed by atoms with van der Waals surface area (Å²) in [5.41, 5.74) is 6.42. The van der Waals surface area contributed by atoms with Gasteiger partial charge in [0.15, 0.2) is 11.5 Å². The van der Waals surface area contributed by atoms with Gasteiger partial charge in [-0.2, -0.15) is 0 Å². The number of hydrogen-bond acceptors (Lipinski definition) is 7. The average Bonchev–Trinajstić information content (AvgIpc) is 2.97. The second-order valence-electron chi connectivity index (χ2n) is 9.78. The zero-order valence-corrected chi connectivity index (χ0v) is 22.4. The summed E-state index contributed by atoms with van der Waals surface area (Å²) in [5, 5.41) is 3.89. The predicted molar refractivity (Wildman–Crippen MR) is 151 cm³/mol. The third-order valence-electron chi connectivity index (χ3n) is 7.40. The summed E-state index contributed by atoms with van der Waals surface area (Å²) in [6.07, 6.45) is 4.17. The third kappa shape index (κ3) is 4.67. The van der Waals surface area contributed by atoms with Gasteiger partial charge in [0, 0.05) is 47.5 Å². The van der Waals surface area contributed by atoms with Crippen LogP contribution in [0.2, 0.25) is 0 Å². The average molecular weight is 526 g/mol. The van der Waals surface area contributed by atoms with Crippen molar-refractivity contribution in [1.82, 2.24) is 0 Å². The molecule has 0 bridgehead atoms. The van der Waals surface area contributed by atoms with Crippen LogP contribution in [0.15, 0.2) is 64.0 Å². The molecule has 2 aliphatic rings. The van der Waals surface area contributed by atoms with Crippen LogP contribution in [-0.2, 0) is 12.8 Å². The van der Waals surface area contributed by atoms with Gasteiger partial charge in [0.1, 0.15) is 16.9 Å². The monoisotopic (exact) mass is 525 g/mol. The lowest BCUT2D eigenvalue weighted by Gasteiger charge is -2.37. The molecule has 200 valence electrons. The molecule has 2 aliphatic heterocycles. The van der Waals surface area contributed by atoms with E-state index in [1.807, 2.05) is 30.3 Å². The highest BCUT2D eigenvalue weighted by Gasteiger charge is 2.27. The normalized spacial score (nSPS) is 14.6. The largest absolute Gasteiger partial charge is 0.497 e. The van der Waals surface area contributed by atoms with Crippen LogP contribution in [-0.4, -0.2) is 40.3 Å². The van der Waals surface area contributed by atoms with Crippen molar-refractivity contribution in [2.75, 3.05) is 44.6 Å². The lowest BCUT2D eigenvalue weighted by molar-refractivity contribution is 0.102. The smallest absolute Gasteiger partial charge is 0.261 e. The van der Waals surface area contributed by atoms with E-state index in [-0.39, 0.29) is 11.5 Å². The predicted octanol–water partition coefficient (Wildman–Crippen LogP) is 5.64. The van der Waals surface area contributed by atoms with Gasteiger partial charge in [-0.25, -0.2) is 4.99 Å². The topological polar surface area (TPSA) is 85.5 Å². The van der Waals surface area contributed by atoms with E-state index in [2.05, 4.69) is 16.3 Å². The second kappa shape index (κ2) is 10.4. The molecule has 0 spiro atoms. The minimum absolute atomic E-state index is 0.248. The number of methoxy groups -OCH3 is 3. The van der Waals surface area contributed by atoms with Crippen molar-refractivity contribution in [2.45, 2.75) is 25.7 Å². The van der Waals surface area contributed by atoms with E-state index >= 15 is 0 Å². The van der Waals surface area contributed by atoms with E-state index in [9.17, 15) is 4.79 Å². The number of nitrogens with zero attached hydrogens (tertiary/aromatic N) is 2. The van der Waals surface area contributed by atoms with Crippen LogP contribution in [0.3, 0.4) is 0 Å². The fourth-order valence-corrected chi connectivity index (χ4v) is 5.61. The Morgan fingerprint density at radius 3 is 2.54 bits per heavy atom. The van der Waals surface area contributed by atoms with Gasteiger partial charge >= 0.3 is 0 Å². The van der Waals surface area contributed by atoms with Crippen molar-refractivity contribution < 1.29 is 23.4 Å². The molecule has 0 atom stereocenters. The summed E-state index contributed by atoms with van der Waals surface area (Å²) in [5.74, 6) is 1.45. The molecular weight excluding hydrogens is 494 g/mol. The Morgan fingerprint density at radius 1 is 0.923 bits per heavy atom. The van der Waals surface area contributed by atoms with Crippen molar-refractivity contribution in [3.05, 3.63) is 76.8 Å². The molecule has 0 aliphatic carbocycles. The fraction of sp³-hybridized carbons (Fsp3) is 0.290. The number of anilines is 2. The standard InChI is InChI=1S/C31H31N3O5/c1-36-23-9-4-8-21(17-23)33-31-25(30(35)32-22-11-12-26(37-2)27(18-22)38-3)16-20-15-19-7-5-13-34-14-6-10-24(28(19)34)29(20)39-31/h4,8-9,11-12,15-18H,5-7,10,13-14H2,1-3H3,(H,32,35). The Morgan fingerprint density at radius 2 is 1.74 bits per heavy atom. The first-order valence-corrected chi connectivity index (χ1v) is 13.2. The summed E-state index contributed by atoms with van der Waals surface area (Å²) in [4.78, 5) is 21.0. The highest BCUT2D eigenvalue weighted by molar-refractivity contribution is 6.06. The number of carbonyl (C=O) groups is 1. The zero-order chi connectivity index (χ0) is 26.9. The van der Waals surface area contributed by atoms with Crippen molar-refractivity contribution in [3.63, 3.8) is 0 Å². The van der Waals surface area contributed by atoms with E-state index in [0.717, 1.165) is 49.7 Å². The summed E-state index contributed by atoms with van der Waals surface area (Å²) in [7, 11) is 4.75. The van der Waals surface area contributed by atoms with Gasteiger partial charge < -0.3 is 28.8 Å². The summed E-state index contributed by atoms with van der Waals surface area (Å²) >= 11 is 0. The van der Waals surface area contributed by atoms with Crippen LogP contribution < -0.4 is 30.0 Å². The van der Waals surface area contributed by atoms with E-state index < -0.39 is 0 Å². The number of amides is 1. The molecule has 8 nitrogen and oxygen atoms in total. The Kier molecular flexibility index (Phi) is 6.60. The van der Waals surface area contributed by atoms with Crippen LogP contribution >= 0.6 is 0 Å². The maximum Gasteiger partial charge on any atom is 0.261 e. The molecule has 6 rings (SSSR count). The van der Waals surface area contributed by atoms with Crippen LogP contribution in [0.25, 0.3) is 11.0 Å². The van der Waals surface area contributed by atoms with E-state index in [1.165, 1.54) is 16.8 Å². The summed E-state index contributed by atoms with van der Waals surface area (Å²) in [6, 6.07) is 16.7. The Labute approximate surface area is 226 Å². The van der Waals surface area contributed by atoms with Gasteiger partial charge in [-0.3, -0.25) is 4.79 Å². The SMILES string of the molecule is COc1cccc(N=c2oc3c4c5c(cc3cc2C(=O)Nc2ccc(OC)c(OC)c2)CCCN5CCC4)c1. The lowest BCUT2D eigenvalue weighted by atomic mass is 9.90. The molecule has 8 heteroatoms. The highest BCUT2D eigenvalue weighted by Crippen LogP contribution is 2.40. The Bertz CT molecular complexity index is 1640. The van der Waals surface area contributed by atoms with Crippen LogP contribution in [0.5, 0.6) is 17.2 Å². The third-order valence-corrected chi connectivity index (χ3v) is 7.40. The minimum atomic E-state index is -0.331. The number of ether oxygens (including phenoxy) is 3. The van der Waals surface area contributed by atoms with E-state index in [4.69, 9.17) is 23.6 Å². The molecule has 0 saturated carbocycles. The summed E-state index contributed by atoms with van der Waals surface area (Å²) in [6.45, 7) is 2.14. The van der Waals surface area contributed by atoms with Crippen molar-refractivity contribution >= 4 is 33.9 Å². The van der Waals surface area contributed by atoms with Gasteiger partial charge in [-0.05, 0) is 67.6 Å². The number of benzene rings is 3. The van der Waals surface area contributed by atoms with Gasteiger partial charge in [0.2, 0.25) is 5.55 Å². The van der Waals surface area contributed by atoms with Crippen molar-refractivity contribution in [3.8, 4) is 17.2 Å². The van der Waals surface area contributed by atoms with E-state index in [0.29, 0.717) is 34.2 Å². The maximum absolute atomic E-state index is 13.7. The molecule has 3 heterocycles. The lowest BCUT2D eigenvalue weighted by Crippen LogP contribution is -2.34. The molecular formula is C31H31N3O5. The van der Waals surface area contributed by atoms with Crippen LogP contribution in [0, 0.1) is 0 Å². The molecule has 0 radical (unpaired) electrons. The van der Waals surface area contributed by atoms with Crippen LogP contribution in [0.4, 0.5) is 17.1 Å².